The van der Waals surface area contributed by atoms with Crippen LogP contribution in [0.25, 0.3) is 0 Å². The van der Waals surface area contributed by atoms with Crippen molar-refractivity contribution < 1.29 is 13.2 Å². The van der Waals surface area contributed by atoms with Crippen LogP contribution in [0.15, 0.2) is 23.1 Å². The molecule has 1 unspecified atom stereocenters. The van der Waals surface area contributed by atoms with E-state index in [0.29, 0.717) is 17.4 Å². The van der Waals surface area contributed by atoms with Gasteiger partial charge in [0.05, 0.1) is 16.7 Å². The minimum Gasteiger partial charge on any atom is -0.489 e. The van der Waals surface area contributed by atoms with Crippen molar-refractivity contribution in [1.29, 1.82) is 0 Å². The van der Waals surface area contributed by atoms with E-state index in [1.54, 1.807) is 6.07 Å². The van der Waals surface area contributed by atoms with Gasteiger partial charge in [0.15, 0.2) is 0 Å². The number of rotatable bonds is 6. The molecule has 19 heavy (non-hydrogen) atoms. The summed E-state index contributed by atoms with van der Waals surface area (Å²) in [7, 11) is -2.11. The van der Waals surface area contributed by atoms with Crippen molar-refractivity contribution in [3.05, 3.63) is 18.2 Å². The first kappa shape index (κ1) is 15.8. The molecule has 1 rings (SSSR count). The molecule has 0 radical (unpaired) electrons. The molecule has 0 fully saturated rings. The average molecular weight is 286 g/mol. The maximum Gasteiger partial charge on any atom is 0.240 e. The van der Waals surface area contributed by atoms with E-state index in [1.807, 2.05) is 6.92 Å². The largest absolute Gasteiger partial charge is 0.489 e. The van der Waals surface area contributed by atoms with Gasteiger partial charge in [-0.1, -0.05) is 13.8 Å². The Balaban J connectivity index is 2.90. The van der Waals surface area contributed by atoms with Gasteiger partial charge in [-0.3, -0.25) is 0 Å². The molecule has 1 atom stereocenters. The van der Waals surface area contributed by atoms with Crippen LogP contribution in [0.3, 0.4) is 0 Å². The Morgan fingerprint density at radius 1 is 1.32 bits per heavy atom. The Bertz CT molecular complexity index is 527. The smallest absolute Gasteiger partial charge is 0.240 e. The Morgan fingerprint density at radius 3 is 2.42 bits per heavy atom. The van der Waals surface area contributed by atoms with E-state index >= 15 is 0 Å². The van der Waals surface area contributed by atoms with Gasteiger partial charge in [-0.2, -0.15) is 0 Å². The molecular weight excluding hydrogens is 264 g/mol. The van der Waals surface area contributed by atoms with Crippen LogP contribution in [0.1, 0.15) is 27.2 Å². The van der Waals surface area contributed by atoms with Gasteiger partial charge in [0.2, 0.25) is 10.0 Å². The van der Waals surface area contributed by atoms with Crippen molar-refractivity contribution in [1.82, 2.24) is 4.72 Å². The third kappa shape index (κ3) is 4.40. The van der Waals surface area contributed by atoms with Crippen LogP contribution < -0.4 is 15.2 Å². The van der Waals surface area contributed by atoms with Gasteiger partial charge in [-0.05, 0) is 44.5 Å². The van der Waals surface area contributed by atoms with Crippen molar-refractivity contribution in [2.24, 2.45) is 5.92 Å². The maximum atomic E-state index is 11.6. The molecule has 5 nitrogen and oxygen atoms in total. The first-order valence-corrected chi connectivity index (χ1v) is 7.74. The summed E-state index contributed by atoms with van der Waals surface area (Å²) < 4.78 is 31.2. The van der Waals surface area contributed by atoms with Crippen LogP contribution in [0.5, 0.6) is 5.75 Å². The number of nitrogen functional groups attached to an aromatic ring is 1. The summed E-state index contributed by atoms with van der Waals surface area (Å²) in [6.45, 7) is 6.20. The van der Waals surface area contributed by atoms with E-state index in [1.165, 1.54) is 19.2 Å². The lowest BCUT2D eigenvalue weighted by molar-refractivity contribution is 0.194. The monoisotopic (exact) mass is 286 g/mol. The number of benzene rings is 1. The zero-order valence-corrected chi connectivity index (χ0v) is 12.6. The zero-order valence-electron chi connectivity index (χ0n) is 11.8. The molecule has 108 valence electrons. The Kier molecular flexibility index (Phi) is 5.20. The third-order valence-electron chi connectivity index (χ3n) is 2.69. The van der Waals surface area contributed by atoms with Crippen molar-refractivity contribution in [3.8, 4) is 5.75 Å². The fraction of sp³-hybridized carbons (Fsp3) is 0.538. The van der Waals surface area contributed by atoms with Gasteiger partial charge in [-0.15, -0.1) is 0 Å². The van der Waals surface area contributed by atoms with Crippen LogP contribution in [-0.2, 0) is 10.0 Å². The SMILES string of the molecule is CNS(=O)(=O)c1ccc(OC(C)CC(C)C)c(N)c1. The summed E-state index contributed by atoms with van der Waals surface area (Å²) in [6, 6.07) is 4.49. The summed E-state index contributed by atoms with van der Waals surface area (Å²) in [6.07, 6.45) is 0.949. The van der Waals surface area contributed by atoms with Gasteiger partial charge in [0.25, 0.3) is 0 Å². The average Bonchev–Trinajstić information content (AvgIpc) is 2.30. The van der Waals surface area contributed by atoms with E-state index < -0.39 is 10.0 Å². The van der Waals surface area contributed by atoms with Crippen LogP contribution in [0.2, 0.25) is 0 Å². The second-order valence-electron chi connectivity index (χ2n) is 4.97. The van der Waals surface area contributed by atoms with Gasteiger partial charge < -0.3 is 10.5 Å². The highest BCUT2D eigenvalue weighted by atomic mass is 32.2. The lowest BCUT2D eigenvalue weighted by Gasteiger charge is -2.18. The van der Waals surface area contributed by atoms with Crippen LogP contribution in [0.4, 0.5) is 5.69 Å². The second-order valence-corrected chi connectivity index (χ2v) is 6.85. The second kappa shape index (κ2) is 6.25. The zero-order chi connectivity index (χ0) is 14.6. The van der Waals surface area contributed by atoms with Gasteiger partial charge in [0.1, 0.15) is 5.75 Å². The molecule has 0 aliphatic rings. The minimum absolute atomic E-state index is 0.0362. The van der Waals surface area contributed by atoms with Gasteiger partial charge in [-0.25, -0.2) is 13.1 Å². The molecule has 0 saturated heterocycles. The Labute approximate surface area is 115 Å². The molecule has 0 aromatic heterocycles. The van der Waals surface area contributed by atoms with E-state index in [2.05, 4.69) is 18.6 Å². The van der Waals surface area contributed by atoms with E-state index in [-0.39, 0.29) is 11.0 Å². The van der Waals surface area contributed by atoms with E-state index in [9.17, 15) is 8.42 Å². The predicted molar refractivity (Wildman–Crippen MR) is 76.6 cm³/mol. The molecule has 3 N–H and O–H groups in total. The number of sulfonamides is 1. The molecule has 1 aromatic carbocycles. The maximum absolute atomic E-state index is 11.6. The summed E-state index contributed by atoms with van der Waals surface area (Å²) >= 11 is 0. The molecule has 0 heterocycles. The number of hydrogen-bond donors (Lipinski definition) is 2. The number of nitrogens with one attached hydrogen (secondary N) is 1. The number of anilines is 1. The molecule has 0 saturated carbocycles. The summed E-state index contributed by atoms with van der Waals surface area (Å²) in [4.78, 5) is 0.136. The molecule has 0 bridgehead atoms. The molecular formula is C13H22N2O3S. The van der Waals surface area contributed by atoms with Crippen LogP contribution in [-0.4, -0.2) is 21.6 Å². The lowest BCUT2D eigenvalue weighted by Crippen LogP contribution is -2.19. The van der Waals surface area contributed by atoms with Gasteiger partial charge >= 0.3 is 0 Å². The normalized spacial score (nSPS) is 13.5. The summed E-state index contributed by atoms with van der Waals surface area (Å²) in [5.41, 5.74) is 6.16. The highest BCUT2D eigenvalue weighted by Gasteiger charge is 2.15. The number of nitrogens with two attached hydrogens (primary N) is 1. The first-order valence-electron chi connectivity index (χ1n) is 6.26. The van der Waals surface area contributed by atoms with E-state index in [4.69, 9.17) is 10.5 Å². The fourth-order valence-electron chi connectivity index (χ4n) is 1.85. The lowest BCUT2D eigenvalue weighted by atomic mass is 10.1. The van der Waals surface area contributed by atoms with E-state index in [0.717, 1.165) is 6.42 Å². The molecule has 0 aliphatic heterocycles. The van der Waals surface area contributed by atoms with Crippen LogP contribution in [0, 0.1) is 5.92 Å². The standard InChI is InChI=1S/C13H22N2O3S/c1-9(2)7-10(3)18-13-6-5-11(8-12(13)14)19(16,17)15-4/h5-6,8-10,15H,7,14H2,1-4H3. The molecule has 1 aromatic rings. The van der Waals surface area contributed by atoms with Crippen molar-refractivity contribution in [2.45, 2.75) is 38.2 Å². The van der Waals surface area contributed by atoms with Crippen LogP contribution >= 0.6 is 0 Å². The molecule has 0 amide bonds. The number of ether oxygens (including phenoxy) is 1. The van der Waals surface area contributed by atoms with Crippen molar-refractivity contribution >= 4 is 15.7 Å². The number of hydrogen-bond acceptors (Lipinski definition) is 4. The molecule has 6 heteroatoms. The molecule has 0 aliphatic carbocycles. The Morgan fingerprint density at radius 2 is 1.95 bits per heavy atom. The summed E-state index contributed by atoms with van der Waals surface area (Å²) in [5, 5.41) is 0. The summed E-state index contributed by atoms with van der Waals surface area (Å²) in [5.74, 6) is 1.04. The van der Waals surface area contributed by atoms with Gasteiger partial charge in [0, 0.05) is 0 Å². The highest BCUT2D eigenvalue weighted by molar-refractivity contribution is 7.89. The molecule has 0 spiro atoms. The first-order chi connectivity index (χ1) is 8.76. The van der Waals surface area contributed by atoms with Crippen molar-refractivity contribution in [3.63, 3.8) is 0 Å². The van der Waals surface area contributed by atoms with Crippen molar-refractivity contribution in [2.75, 3.05) is 12.8 Å². The third-order valence-corrected chi connectivity index (χ3v) is 4.10. The highest BCUT2D eigenvalue weighted by Crippen LogP contribution is 2.26. The Hall–Kier alpha value is -1.27. The quantitative estimate of drug-likeness (QED) is 0.784. The predicted octanol–water partition coefficient (Wildman–Crippen LogP) is 1.99. The fourth-order valence-corrected chi connectivity index (χ4v) is 2.61. The minimum atomic E-state index is -3.47. The topological polar surface area (TPSA) is 81.4 Å².